The number of carbonyl (C=O) groups is 1. The van der Waals surface area contributed by atoms with Gasteiger partial charge in [0, 0.05) is 24.5 Å². The number of nitrogens with zero attached hydrogens (tertiary/aromatic N) is 3. The summed E-state index contributed by atoms with van der Waals surface area (Å²) >= 11 is 0. The number of rotatable bonds is 5. The molecule has 0 amide bonds. The normalized spacial score (nSPS) is 16.1. The van der Waals surface area contributed by atoms with Gasteiger partial charge in [0.05, 0.1) is 17.0 Å². The number of nitrogens with one attached hydrogen (secondary N) is 1. The smallest absolute Gasteiger partial charge is 0.337 e. The monoisotopic (exact) mass is 460 g/mol. The van der Waals surface area contributed by atoms with Gasteiger partial charge < -0.3 is 19.7 Å². The van der Waals surface area contributed by atoms with E-state index in [0.717, 1.165) is 12.8 Å². The highest BCUT2D eigenvalue weighted by Crippen LogP contribution is 2.35. The molecule has 1 atom stereocenters. The average molecular weight is 461 g/mol. The molecule has 3 heterocycles. The summed E-state index contributed by atoms with van der Waals surface area (Å²) in [7, 11) is 0. The van der Waals surface area contributed by atoms with Crippen LogP contribution in [0.1, 0.15) is 67.0 Å². The van der Waals surface area contributed by atoms with E-state index in [4.69, 9.17) is 4.42 Å². The predicted molar refractivity (Wildman–Crippen MR) is 130 cm³/mol. The Balaban J connectivity index is 1.83. The van der Waals surface area contributed by atoms with Gasteiger partial charge in [-0.3, -0.25) is 9.78 Å². The number of fused-ring (bicyclic) bond motifs is 1. The minimum atomic E-state index is -1.04. The first-order valence-electron chi connectivity index (χ1n) is 11.3. The number of aromatic carboxylic acids is 1. The van der Waals surface area contributed by atoms with E-state index in [1.54, 1.807) is 31.2 Å². The Morgan fingerprint density at radius 3 is 2.62 bits per heavy atom. The molecule has 4 rings (SSSR count). The number of carboxylic acids is 1. The summed E-state index contributed by atoms with van der Waals surface area (Å²) in [5.74, 6) is -0.765. The van der Waals surface area contributed by atoms with Crippen molar-refractivity contribution in [1.29, 1.82) is 5.26 Å². The van der Waals surface area contributed by atoms with Gasteiger partial charge in [0.1, 0.15) is 11.8 Å². The molecule has 0 spiro atoms. The van der Waals surface area contributed by atoms with Crippen molar-refractivity contribution in [3.8, 4) is 6.07 Å². The highest BCUT2D eigenvalue weighted by atomic mass is 16.4. The molecule has 176 valence electrons. The van der Waals surface area contributed by atoms with Gasteiger partial charge in [-0.1, -0.05) is 26.0 Å². The Hall–Kier alpha value is -3.86. The zero-order valence-corrected chi connectivity index (χ0v) is 19.8. The predicted octanol–water partition coefficient (Wildman–Crippen LogP) is 4.87. The van der Waals surface area contributed by atoms with Gasteiger partial charge >= 0.3 is 5.97 Å². The van der Waals surface area contributed by atoms with Gasteiger partial charge in [-0.05, 0) is 50.3 Å². The van der Waals surface area contributed by atoms with Crippen molar-refractivity contribution < 1.29 is 14.3 Å². The highest BCUT2D eigenvalue weighted by Gasteiger charge is 2.30. The molecule has 0 radical (unpaired) electrons. The molecule has 8 heteroatoms. The summed E-state index contributed by atoms with van der Waals surface area (Å²) in [6, 6.07) is 9.83. The number of benzene rings is 1. The molecule has 34 heavy (non-hydrogen) atoms. The molecule has 1 aromatic carbocycles. The van der Waals surface area contributed by atoms with E-state index in [2.05, 4.69) is 30.2 Å². The fraction of sp³-hybridized carbons (Fsp3) is 0.385. The van der Waals surface area contributed by atoms with Crippen LogP contribution in [0.4, 0.5) is 11.6 Å². The molecule has 1 saturated heterocycles. The number of hydrogen-bond donors (Lipinski definition) is 2. The first kappa shape index (κ1) is 23.3. The Bertz CT molecular complexity index is 1360. The van der Waals surface area contributed by atoms with E-state index in [1.165, 1.54) is 6.07 Å². The third kappa shape index (κ3) is 4.34. The van der Waals surface area contributed by atoms with E-state index in [1.807, 2.05) is 11.8 Å². The number of carboxylic acid groups (broad SMARTS) is 1. The SMILES string of the molecule is Cc1cc2c(=O)c(C#N)c(N3CCC(C)(C)CC3)oc2c([C@@H](C)Nc2ccccc2C(=O)O)n1. The van der Waals surface area contributed by atoms with Crippen LogP contribution in [0.15, 0.2) is 39.5 Å². The summed E-state index contributed by atoms with van der Waals surface area (Å²) in [6.07, 6.45) is 1.84. The van der Waals surface area contributed by atoms with Crippen LogP contribution in [0.3, 0.4) is 0 Å². The van der Waals surface area contributed by atoms with Crippen LogP contribution in [0.2, 0.25) is 0 Å². The Kier molecular flexibility index (Phi) is 6.05. The van der Waals surface area contributed by atoms with Crippen LogP contribution < -0.4 is 15.6 Å². The number of anilines is 2. The molecule has 1 fully saturated rings. The second-order valence-corrected chi connectivity index (χ2v) is 9.62. The van der Waals surface area contributed by atoms with Gasteiger partial charge in [0.2, 0.25) is 11.3 Å². The lowest BCUT2D eigenvalue weighted by Gasteiger charge is -2.37. The second-order valence-electron chi connectivity index (χ2n) is 9.62. The first-order chi connectivity index (χ1) is 16.1. The third-order valence-electron chi connectivity index (χ3n) is 6.47. The second kappa shape index (κ2) is 8.82. The Morgan fingerprint density at radius 2 is 1.97 bits per heavy atom. The number of aromatic nitrogens is 1. The van der Waals surface area contributed by atoms with Crippen molar-refractivity contribution in [3.05, 3.63) is 63.1 Å². The van der Waals surface area contributed by atoms with Crippen molar-refractivity contribution in [2.24, 2.45) is 5.41 Å². The fourth-order valence-electron chi connectivity index (χ4n) is 4.37. The van der Waals surface area contributed by atoms with Crippen LogP contribution in [0.25, 0.3) is 11.0 Å². The van der Waals surface area contributed by atoms with Crippen LogP contribution in [-0.2, 0) is 0 Å². The molecular weight excluding hydrogens is 432 g/mol. The average Bonchev–Trinajstić information content (AvgIpc) is 2.79. The van der Waals surface area contributed by atoms with Gasteiger partial charge in [-0.2, -0.15) is 5.26 Å². The molecule has 0 unspecified atom stereocenters. The van der Waals surface area contributed by atoms with Gasteiger partial charge in [-0.15, -0.1) is 0 Å². The van der Waals surface area contributed by atoms with Gasteiger partial charge in [0.15, 0.2) is 11.1 Å². The zero-order valence-electron chi connectivity index (χ0n) is 19.8. The molecule has 0 bridgehead atoms. The summed E-state index contributed by atoms with van der Waals surface area (Å²) in [5, 5.41) is 22.8. The van der Waals surface area contributed by atoms with E-state index in [9.17, 15) is 20.0 Å². The zero-order chi connectivity index (χ0) is 24.6. The number of para-hydroxylation sites is 1. The molecule has 1 aliphatic rings. The standard InChI is InChI=1S/C26H28N4O4/c1-15-13-18-22(31)19(14-27)24(30-11-9-26(3,4)10-12-30)34-23(18)21(28-15)16(2)29-20-8-6-5-7-17(20)25(32)33/h5-8,13,16,29H,9-12H2,1-4H3,(H,32,33)/t16-/m1/s1. The van der Waals surface area contributed by atoms with E-state index in [0.29, 0.717) is 41.1 Å². The van der Waals surface area contributed by atoms with Crippen LogP contribution in [0.5, 0.6) is 0 Å². The summed E-state index contributed by atoms with van der Waals surface area (Å²) in [6.45, 7) is 9.39. The quantitative estimate of drug-likeness (QED) is 0.554. The molecule has 8 nitrogen and oxygen atoms in total. The first-order valence-corrected chi connectivity index (χ1v) is 11.3. The topological polar surface area (TPSA) is 119 Å². The lowest BCUT2D eigenvalue weighted by Crippen LogP contribution is -2.38. The van der Waals surface area contributed by atoms with E-state index >= 15 is 0 Å². The largest absolute Gasteiger partial charge is 0.478 e. The van der Waals surface area contributed by atoms with E-state index in [-0.39, 0.29) is 27.9 Å². The maximum Gasteiger partial charge on any atom is 0.337 e. The molecule has 2 aromatic heterocycles. The van der Waals surface area contributed by atoms with Crippen molar-refractivity contribution in [2.75, 3.05) is 23.3 Å². The highest BCUT2D eigenvalue weighted by molar-refractivity contribution is 5.94. The molecule has 0 saturated carbocycles. The van der Waals surface area contributed by atoms with Crippen LogP contribution in [0, 0.1) is 23.7 Å². The summed E-state index contributed by atoms with van der Waals surface area (Å²) < 4.78 is 6.28. The lowest BCUT2D eigenvalue weighted by atomic mass is 9.82. The van der Waals surface area contributed by atoms with Crippen molar-refractivity contribution in [2.45, 2.75) is 46.6 Å². The minimum Gasteiger partial charge on any atom is -0.478 e. The van der Waals surface area contributed by atoms with Gasteiger partial charge in [-0.25, -0.2) is 4.79 Å². The molecule has 3 aromatic rings. The molecule has 0 aliphatic carbocycles. The fourth-order valence-corrected chi connectivity index (χ4v) is 4.37. The number of pyridine rings is 1. The van der Waals surface area contributed by atoms with Crippen molar-refractivity contribution in [1.82, 2.24) is 4.98 Å². The van der Waals surface area contributed by atoms with Crippen LogP contribution in [-0.4, -0.2) is 29.1 Å². The Labute approximate surface area is 197 Å². The van der Waals surface area contributed by atoms with Crippen molar-refractivity contribution in [3.63, 3.8) is 0 Å². The molecular formula is C26H28N4O4. The minimum absolute atomic E-state index is 0.000547. The maximum absolute atomic E-state index is 13.3. The summed E-state index contributed by atoms with van der Waals surface area (Å²) in [5.41, 5.74) is 1.78. The van der Waals surface area contributed by atoms with Gasteiger partial charge in [0.25, 0.3) is 0 Å². The number of piperidine rings is 1. The number of hydrogen-bond acceptors (Lipinski definition) is 7. The van der Waals surface area contributed by atoms with E-state index < -0.39 is 12.0 Å². The Morgan fingerprint density at radius 1 is 1.29 bits per heavy atom. The molecule has 2 N–H and O–H groups in total. The lowest BCUT2D eigenvalue weighted by molar-refractivity contribution is 0.0698. The molecule has 1 aliphatic heterocycles. The summed E-state index contributed by atoms with van der Waals surface area (Å²) in [4.78, 5) is 31.6. The number of aryl methyl sites for hydroxylation is 1. The maximum atomic E-state index is 13.3. The van der Waals surface area contributed by atoms with Crippen molar-refractivity contribution >= 4 is 28.5 Å². The third-order valence-corrected chi connectivity index (χ3v) is 6.47. The number of nitriles is 1. The van der Waals surface area contributed by atoms with Crippen LogP contribution >= 0.6 is 0 Å².